The minimum atomic E-state index is -0.321. The van der Waals surface area contributed by atoms with Crippen molar-refractivity contribution in [1.82, 2.24) is 20.1 Å². The Balaban J connectivity index is 1.89. The number of amides is 1. The summed E-state index contributed by atoms with van der Waals surface area (Å²) < 4.78 is 14.0. The zero-order valence-corrected chi connectivity index (χ0v) is 13.5. The summed E-state index contributed by atoms with van der Waals surface area (Å²) in [6.45, 7) is 0.646. The van der Waals surface area contributed by atoms with E-state index in [0.29, 0.717) is 40.9 Å². The second kappa shape index (κ2) is 6.76. The van der Waals surface area contributed by atoms with Gasteiger partial charge in [-0.25, -0.2) is 9.37 Å². The molecule has 6 nitrogen and oxygen atoms in total. The van der Waals surface area contributed by atoms with E-state index < -0.39 is 0 Å². The number of hydrogen-bond acceptors (Lipinski definition) is 4. The molecule has 1 amide bonds. The van der Waals surface area contributed by atoms with Crippen molar-refractivity contribution in [2.24, 2.45) is 0 Å². The Bertz CT molecular complexity index is 874. The molecule has 0 saturated carbocycles. The second-order valence-corrected chi connectivity index (χ2v) is 5.77. The summed E-state index contributed by atoms with van der Waals surface area (Å²) in [7, 11) is 3.81. The normalized spacial score (nSPS) is 11.2. The minimum absolute atomic E-state index is 0.131. The van der Waals surface area contributed by atoms with Gasteiger partial charge in [-0.15, -0.1) is 0 Å². The Hall–Kier alpha value is -2.80. The molecule has 0 aliphatic rings. The number of aromatic nitrogens is 3. The molecule has 0 spiro atoms. The van der Waals surface area contributed by atoms with Crippen LogP contribution in [0.3, 0.4) is 0 Å². The molecule has 2 N–H and O–H groups in total. The summed E-state index contributed by atoms with van der Waals surface area (Å²) in [4.78, 5) is 18.2. The van der Waals surface area contributed by atoms with Gasteiger partial charge in [-0.2, -0.15) is 5.10 Å². The molecule has 0 bridgehead atoms. The number of benzene rings is 1. The molecule has 24 heavy (non-hydrogen) atoms. The van der Waals surface area contributed by atoms with Crippen molar-refractivity contribution in [2.45, 2.75) is 6.42 Å². The van der Waals surface area contributed by atoms with Gasteiger partial charge < -0.3 is 10.2 Å². The van der Waals surface area contributed by atoms with Crippen LogP contribution in [-0.2, 0) is 4.79 Å². The molecule has 3 aromatic rings. The average Bonchev–Trinajstić information content (AvgIpc) is 2.95. The largest absolute Gasteiger partial charge is 0.309 e. The van der Waals surface area contributed by atoms with Crippen LogP contribution in [0.25, 0.3) is 22.2 Å². The molecule has 0 radical (unpaired) electrons. The number of nitrogens with zero attached hydrogens (tertiary/aromatic N) is 3. The number of aromatic amines is 1. The lowest BCUT2D eigenvalue weighted by molar-refractivity contribution is -0.116. The second-order valence-electron chi connectivity index (χ2n) is 5.77. The predicted octanol–water partition coefficient (Wildman–Crippen LogP) is 2.65. The van der Waals surface area contributed by atoms with Crippen molar-refractivity contribution in [3.8, 4) is 11.1 Å². The SMILES string of the molecule is CN(C)CCC(=O)Nc1n[nH]c2ncc(-c3ccccc3F)cc12. The number of rotatable bonds is 5. The van der Waals surface area contributed by atoms with Gasteiger partial charge in [-0.1, -0.05) is 18.2 Å². The molecule has 0 aliphatic heterocycles. The van der Waals surface area contributed by atoms with Crippen LogP contribution < -0.4 is 5.32 Å². The fourth-order valence-electron chi connectivity index (χ4n) is 2.36. The Labute approximate surface area is 138 Å². The van der Waals surface area contributed by atoms with Crippen molar-refractivity contribution in [1.29, 1.82) is 0 Å². The van der Waals surface area contributed by atoms with E-state index in [1.165, 1.54) is 6.07 Å². The van der Waals surface area contributed by atoms with Crippen molar-refractivity contribution >= 4 is 22.8 Å². The lowest BCUT2D eigenvalue weighted by Gasteiger charge is -2.08. The number of carbonyl (C=O) groups is 1. The number of carbonyl (C=O) groups excluding carboxylic acids is 1. The van der Waals surface area contributed by atoms with Crippen LogP contribution in [0.4, 0.5) is 10.2 Å². The zero-order valence-electron chi connectivity index (χ0n) is 13.5. The number of H-pyrrole nitrogens is 1. The lowest BCUT2D eigenvalue weighted by Crippen LogP contribution is -2.21. The van der Waals surface area contributed by atoms with Gasteiger partial charge in [0.05, 0.1) is 5.39 Å². The van der Waals surface area contributed by atoms with Gasteiger partial charge >= 0.3 is 0 Å². The van der Waals surface area contributed by atoms with Crippen LogP contribution in [0, 0.1) is 5.82 Å². The smallest absolute Gasteiger partial charge is 0.226 e. The van der Waals surface area contributed by atoms with Crippen molar-refractivity contribution in [2.75, 3.05) is 26.0 Å². The third-order valence-corrected chi connectivity index (χ3v) is 3.65. The van der Waals surface area contributed by atoms with Crippen molar-refractivity contribution in [3.05, 3.63) is 42.3 Å². The summed E-state index contributed by atoms with van der Waals surface area (Å²) in [5.74, 6) is -0.0495. The van der Waals surface area contributed by atoms with Crippen LogP contribution in [0.5, 0.6) is 0 Å². The van der Waals surface area contributed by atoms with Gasteiger partial charge in [0.25, 0.3) is 0 Å². The molecule has 0 saturated heterocycles. The number of hydrogen-bond donors (Lipinski definition) is 2. The Kier molecular flexibility index (Phi) is 4.52. The van der Waals surface area contributed by atoms with Crippen LogP contribution in [0.15, 0.2) is 36.5 Å². The van der Waals surface area contributed by atoms with E-state index in [-0.39, 0.29) is 11.7 Å². The molecule has 0 aliphatic carbocycles. The highest BCUT2D eigenvalue weighted by atomic mass is 19.1. The molecule has 2 aromatic heterocycles. The summed E-state index contributed by atoms with van der Waals surface area (Å²) in [6.07, 6.45) is 1.94. The van der Waals surface area contributed by atoms with E-state index in [1.54, 1.807) is 30.5 Å². The van der Waals surface area contributed by atoms with E-state index in [4.69, 9.17) is 0 Å². The van der Waals surface area contributed by atoms with Crippen LogP contribution >= 0.6 is 0 Å². The van der Waals surface area contributed by atoms with E-state index in [9.17, 15) is 9.18 Å². The molecular formula is C17H18FN5O. The Morgan fingerprint density at radius 2 is 2.12 bits per heavy atom. The lowest BCUT2D eigenvalue weighted by atomic mass is 10.1. The fraction of sp³-hybridized carbons (Fsp3) is 0.235. The molecule has 0 fully saturated rings. The standard InChI is InChI=1S/C17H18FN5O/c1-23(2)8-7-15(24)20-17-13-9-11(10-19-16(13)21-22-17)12-5-3-4-6-14(12)18/h3-6,9-10H,7-8H2,1-2H3,(H2,19,20,21,22,24). The number of pyridine rings is 1. The van der Waals surface area contributed by atoms with Crippen LogP contribution in [-0.4, -0.2) is 46.6 Å². The summed E-state index contributed by atoms with van der Waals surface area (Å²) in [5.41, 5.74) is 1.63. The van der Waals surface area contributed by atoms with Crippen LogP contribution in [0.2, 0.25) is 0 Å². The average molecular weight is 327 g/mol. The highest BCUT2D eigenvalue weighted by Gasteiger charge is 2.13. The van der Waals surface area contributed by atoms with Crippen LogP contribution in [0.1, 0.15) is 6.42 Å². The number of fused-ring (bicyclic) bond motifs is 1. The van der Waals surface area contributed by atoms with Gasteiger partial charge in [-0.3, -0.25) is 9.89 Å². The zero-order chi connectivity index (χ0) is 17.1. The molecule has 124 valence electrons. The van der Waals surface area contributed by atoms with Gasteiger partial charge in [0.2, 0.25) is 5.91 Å². The van der Waals surface area contributed by atoms with E-state index in [1.807, 2.05) is 19.0 Å². The first-order valence-electron chi connectivity index (χ1n) is 7.58. The maximum absolute atomic E-state index is 14.0. The van der Waals surface area contributed by atoms with Crippen molar-refractivity contribution in [3.63, 3.8) is 0 Å². The molecule has 2 heterocycles. The van der Waals surface area contributed by atoms with Gasteiger partial charge in [0, 0.05) is 30.3 Å². The Morgan fingerprint density at radius 3 is 2.88 bits per heavy atom. The highest BCUT2D eigenvalue weighted by Crippen LogP contribution is 2.27. The third kappa shape index (κ3) is 3.41. The number of anilines is 1. The summed E-state index contributed by atoms with van der Waals surface area (Å²) in [5, 5.41) is 10.3. The maximum Gasteiger partial charge on any atom is 0.226 e. The molecule has 0 unspecified atom stereocenters. The molecule has 3 rings (SSSR count). The maximum atomic E-state index is 14.0. The minimum Gasteiger partial charge on any atom is -0.309 e. The third-order valence-electron chi connectivity index (χ3n) is 3.65. The topological polar surface area (TPSA) is 73.9 Å². The monoisotopic (exact) mass is 327 g/mol. The molecule has 1 aromatic carbocycles. The van der Waals surface area contributed by atoms with Gasteiger partial charge in [0.15, 0.2) is 11.5 Å². The molecule has 7 heteroatoms. The molecular weight excluding hydrogens is 309 g/mol. The highest BCUT2D eigenvalue weighted by molar-refractivity contribution is 5.99. The van der Waals surface area contributed by atoms with Crippen molar-refractivity contribution < 1.29 is 9.18 Å². The first-order chi connectivity index (χ1) is 11.5. The number of nitrogens with one attached hydrogen (secondary N) is 2. The fourth-order valence-corrected chi connectivity index (χ4v) is 2.36. The van der Waals surface area contributed by atoms with Gasteiger partial charge in [-0.05, 0) is 26.2 Å². The first-order valence-corrected chi connectivity index (χ1v) is 7.58. The summed E-state index contributed by atoms with van der Waals surface area (Å²) >= 11 is 0. The number of halogens is 1. The van der Waals surface area contributed by atoms with E-state index >= 15 is 0 Å². The first kappa shape index (κ1) is 16.1. The van der Waals surface area contributed by atoms with Gasteiger partial charge in [0.1, 0.15) is 5.82 Å². The quantitative estimate of drug-likeness (QED) is 0.755. The Morgan fingerprint density at radius 1 is 1.33 bits per heavy atom. The summed E-state index contributed by atoms with van der Waals surface area (Å²) in [6, 6.07) is 8.26. The van der Waals surface area contributed by atoms with E-state index in [2.05, 4.69) is 20.5 Å². The predicted molar refractivity (Wildman–Crippen MR) is 91.1 cm³/mol. The van der Waals surface area contributed by atoms with E-state index in [0.717, 1.165) is 0 Å². The molecule has 0 atom stereocenters.